The normalized spacial score (nSPS) is 12.7. The number of carbonyl (C=O) groups is 1. The van der Waals surface area contributed by atoms with Crippen molar-refractivity contribution in [2.24, 2.45) is 5.92 Å². The van der Waals surface area contributed by atoms with Gasteiger partial charge < -0.3 is 9.73 Å². The lowest BCUT2D eigenvalue weighted by molar-refractivity contribution is 0.0917. The van der Waals surface area contributed by atoms with Crippen LogP contribution in [0.25, 0.3) is 0 Å². The first kappa shape index (κ1) is 20.2. The third-order valence-corrected chi connectivity index (χ3v) is 6.18. The van der Waals surface area contributed by atoms with Crippen molar-refractivity contribution in [1.82, 2.24) is 5.32 Å². The average Bonchev–Trinajstić information content (AvgIpc) is 3.10. The van der Waals surface area contributed by atoms with E-state index in [9.17, 15) is 13.2 Å². The lowest BCUT2D eigenvalue weighted by Gasteiger charge is -2.15. The van der Waals surface area contributed by atoms with E-state index in [0.717, 1.165) is 25.7 Å². The van der Waals surface area contributed by atoms with Gasteiger partial charge in [-0.2, -0.15) is 0 Å². The second-order valence-electron chi connectivity index (χ2n) is 6.47. The molecular formula is C20H27NO4S. The summed E-state index contributed by atoms with van der Waals surface area (Å²) in [5.74, 6) is -0.119. The topological polar surface area (TPSA) is 76.4 Å². The summed E-state index contributed by atoms with van der Waals surface area (Å²) in [6.07, 6.45) is 5.69. The van der Waals surface area contributed by atoms with E-state index in [-0.39, 0.29) is 22.3 Å². The van der Waals surface area contributed by atoms with E-state index >= 15 is 0 Å². The first-order chi connectivity index (χ1) is 12.5. The van der Waals surface area contributed by atoms with Crippen LogP contribution in [-0.2, 0) is 15.6 Å². The molecule has 142 valence electrons. The molecular weight excluding hydrogens is 350 g/mol. The maximum Gasteiger partial charge on any atom is 0.287 e. The maximum atomic E-state index is 12.5. The van der Waals surface area contributed by atoms with Gasteiger partial charge in [0.15, 0.2) is 15.6 Å². The van der Waals surface area contributed by atoms with Crippen molar-refractivity contribution in [3.05, 3.63) is 54.0 Å². The number of unbranched alkanes of at least 4 members (excludes halogenated alkanes) is 1. The van der Waals surface area contributed by atoms with Crippen molar-refractivity contribution in [3.8, 4) is 0 Å². The zero-order valence-electron chi connectivity index (χ0n) is 15.4. The Morgan fingerprint density at radius 1 is 1.15 bits per heavy atom. The molecule has 0 radical (unpaired) electrons. The van der Waals surface area contributed by atoms with E-state index in [1.54, 1.807) is 36.4 Å². The lowest BCUT2D eigenvalue weighted by atomic mass is 9.99. The number of carbonyl (C=O) groups excluding carboxylic acids is 1. The van der Waals surface area contributed by atoms with Crippen LogP contribution in [0.3, 0.4) is 0 Å². The second kappa shape index (κ2) is 9.57. The van der Waals surface area contributed by atoms with Gasteiger partial charge in [-0.3, -0.25) is 4.79 Å². The minimum Gasteiger partial charge on any atom is -0.459 e. The number of benzene rings is 1. The van der Waals surface area contributed by atoms with E-state index in [0.29, 0.717) is 18.0 Å². The van der Waals surface area contributed by atoms with Gasteiger partial charge in [-0.25, -0.2) is 8.42 Å². The largest absolute Gasteiger partial charge is 0.459 e. The number of furan rings is 1. The Balaban J connectivity index is 2.04. The molecule has 1 atom stereocenters. The number of hydrogen-bond donors (Lipinski definition) is 1. The van der Waals surface area contributed by atoms with Crippen LogP contribution < -0.4 is 5.32 Å². The fourth-order valence-electron chi connectivity index (χ4n) is 2.83. The highest BCUT2D eigenvalue weighted by molar-refractivity contribution is 7.90. The van der Waals surface area contributed by atoms with Gasteiger partial charge >= 0.3 is 0 Å². The minimum absolute atomic E-state index is 0.0786. The number of nitrogens with one attached hydrogen (secondary N) is 1. The highest BCUT2D eigenvalue weighted by Gasteiger charge is 2.22. The zero-order valence-corrected chi connectivity index (χ0v) is 16.2. The first-order valence-corrected chi connectivity index (χ1v) is 10.8. The summed E-state index contributed by atoms with van der Waals surface area (Å²) in [6, 6.07) is 9.76. The fraction of sp³-hybridized carbons (Fsp3) is 0.450. The van der Waals surface area contributed by atoms with Crippen LogP contribution in [-0.4, -0.2) is 20.9 Å². The zero-order chi connectivity index (χ0) is 19.0. The molecule has 0 saturated carbocycles. The molecule has 1 N–H and O–H groups in total. The highest BCUT2D eigenvalue weighted by atomic mass is 32.2. The quantitative estimate of drug-likeness (QED) is 0.673. The van der Waals surface area contributed by atoms with Crippen molar-refractivity contribution >= 4 is 15.7 Å². The number of amides is 1. The number of rotatable bonds is 10. The Labute approximate surface area is 155 Å². The molecule has 0 unspecified atom stereocenters. The average molecular weight is 378 g/mol. The fourth-order valence-corrected chi connectivity index (χ4v) is 4.20. The standard InChI is InChI=1S/C20H27NO4S/c1-3-5-9-16(4-2)14-21-20(22)19-17(12-13-25-19)15-26(23,24)18-10-7-6-8-11-18/h6-8,10-13,16H,3-5,9,14-15H2,1-2H3,(H,21,22)/t16-/m1/s1. The predicted molar refractivity (Wildman–Crippen MR) is 102 cm³/mol. The molecule has 0 aliphatic carbocycles. The molecule has 1 aromatic carbocycles. The van der Waals surface area contributed by atoms with Gasteiger partial charge in [0.05, 0.1) is 16.9 Å². The summed E-state index contributed by atoms with van der Waals surface area (Å²) in [5, 5.41) is 2.88. The van der Waals surface area contributed by atoms with Gasteiger partial charge in [0, 0.05) is 12.1 Å². The molecule has 0 spiro atoms. The summed E-state index contributed by atoms with van der Waals surface area (Å²) in [5.41, 5.74) is 0.382. The molecule has 1 heterocycles. The van der Waals surface area contributed by atoms with Gasteiger partial charge in [0.25, 0.3) is 5.91 Å². The van der Waals surface area contributed by atoms with Crippen LogP contribution in [0.1, 0.15) is 55.6 Å². The summed E-state index contributed by atoms with van der Waals surface area (Å²) in [7, 11) is -3.53. The van der Waals surface area contributed by atoms with Crippen molar-refractivity contribution < 1.29 is 17.6 Å². The second-order valence-corrected chi connectivity index (χ2v) is 8.46. The molecule has 2 aromatic rings. The van der Waals surface area contributed by atoms with Crippen molar-refractivity contribution in [2.45, 2.75) is 50.2 Å². The highest BCUT2D eigenvalue weighted by Crippen LogP contribution is 2.20. The summed E-state index contributed by atoms with van der Waals surface area (Å²) in [6.45, 7) is 4.83. The molecule has 5 nitrogen and oxygen atoms in total. The van der Waals surface area contributed by atoms with Gasteiger partial charge in [-0.15, -0.1) is 0 Å². The van der Waals surface area contributed by atoms with E-state index in [1.165, 1.54) is 6.26 Å². The Bertz CT molecular complexity index is 796. The van der Waals surface area contributed by atoms with Crippen LogP contribution in [0.15, 0.2) is 52.0 Å². The number of hydrogen-bond acceptors (Lipinski definition) is 4. The number of sulfone groups is 1. The van der Waals surface area contributed by atoms with Crippen LogP contribution >= 0.6 is 0 Å². The summed E-state index contributed by atoms with van der Waals surface area (Å²) in [4.78, 5) is 12.7. The molecule has 0 bridgehead atoms. The van der Waals surface area contributed by atoms with Crippen LogP contribution in [0.4, 0.5) is 0 Å². The smallest absolute Gasteiger partial charge is 0.287 e. The Kier molecular flexibility index (Phi) is 7.45. The molecule has 1 aromatic heterocycles. The SMILES string of the molecule is CCCC[C@@H](CC)CNC(=O)c1occc1CS(=O)(=O)c1ccccc1. The van der Waals surface area contributed by atoms with Gasteiger partial charge in [0.2, 0.25) is 0 Å². The van der Waals surface area contributed by atoms with Crippen molar-refractivity contribution in [2.75, 3.05) is 6.54 Å². The van der Waals surface area contributed by atoms with Gasteiger partial charge in [0.1, 0.15) is 0 Å². The van der Waals surface area contributed by atoms with Crippen LogP contribution in [0.5, 0.6) is 0 Å². The van der Waals surface area contributed by atoms with Crippen LogP contribution in [0, 0.1) is 5.92 Å². The van der Waals surface area contributed by atoms with E-state index in [1.807, 2.05) is 0 Å². The predicted octanol–water partition coefficient (Wildman–Crippen LogP) is 4.20. The maximum absolute atomic E-state index is 12.5. The van der Waals surface area contributed by atoms with Crippen LogP contribution in [0.2, 0.25) is 0 Å². The molecule has 26 heavy (non-hydrogen) atoms. The molecule has 0 aliphatic rings. The van der Waals surface area contributed by atoms with E-state index in [2.05, 4.69) is 19.2 Å². The first-order valence-electron chi connectivity index (χ1n) is 9.10. The monoisotopic (exact) mass is 377 g/mol. The third kappa shape index (κ3) is 5.46. The summed E-state index contributed by atoms with van der Waals surface area (Å²) >= 11 is 0. The van der Waals surface area contributed by atoms with Crippen molar-refractivity contribution in [1.29, 1.82) is 0 Å². The van der Waals surface area contributed by atoms with E-state index in [4.69, 9.17) is 4.42 Å². The molecule has 1 amide bonds. The van der Waals surface area contributed by atoms with Crippen molar-refractivity contribution in [3.63, 3.8) is 0 Å². The van der Waals surface area contributed by atoms with Gasteiger partial charge in [-0.1, -0.05) is 51.3 Å². The Hall–Kier alpha value is -2.08. The minimum atomic E-state index is -3.53. The summed E-state index contributed by atoms with van der Waals surface area (Å²) < 4.78 is 30.3. The molecule has 6 heteroatoms. The van der Waals surface area contributed by atoms with Gasteiger partial charge in [-0.05, 0) is 30.5 Å². The molecule has 0 saturated heterocycles. The molecule has 2 rings (SSSR count). The lowest BCUT2D eigenvalue weighted by Crippen LogP contribution is -2.29. The Morgan fingerprint density at radius 2 is 1.88 bits per heavy atom. The third-order valence-electron chi connectivity index (χ3n) is 4.50. The molecule has 0 aliphatic heterocycles. The molecule has 0 fully saturated rings. The van der Waals surface area contributed by atoms with E-state index < -0.39 is 9.84 Å². The Morgan fingerprint density at radius 3 is 2.54 bits per heavy atom.